The molecule has 21 heavy (non-hydrogen) atoms. The highest BCUT2D eigenvalue weighted by Crippen LogP contribution is 2.31. The molecule has 0 aliphatic rings. The Kier molecular flexibility index (Phi) is 4.60. The quantitative estimate of drug-likeness (QED) is 0.871. The first kappa shape index (κ1) is 16.3. The van der Waals surface area contributed by atoms with E-state index in [0.717, 1.165) is 22.1 Å². The van der Waals surface area contributed by atoms with Gasteiger partial charge in [-0.05, 0) is 26.0 Å². The van der Waals surface area contributed by atoms with Gasteiger partial charge in [0.15, 0.2) is 0 Å². The molecule has 6 nitrogen and oxygen atoms in total. The lowest BCUT2D eigenvalue weighted by atomic mass is 10.2. The van der Waals surface area contributed by atoms with Gasteiger partial charge in [0.25, 0.3) is 0 Å². The van der Waals surface area contributed by atoms with Crippen molar-refractivity contribution in [1.82, 2.24) is 9.55 Å². The van der Waals surface area contributed by atoms with Crippen LogP contribution in [0, 0.1) is 6.92 Å². The number of rotatable bonds is 5. The third-order valence-electron chi connectivity index (χ3n) is 3.08. The molecular weight excluding hydrogens is 358 g/mol. The number of imidazole rings is 1. The Morgan fingerprint density at radius 1 is 1.48 bits per heavy atom. The van der Waals surface area contributed by atoms with Crippen molar-refractivity contribution in [3.05, 3.63) is 22.4 Å². The molecule has 1 atom stereocenters. The zero-order chi connectivity index (χ0) is 15.8. The number of hydrogen-bond donors (Lipinski definition) is 1. The van der Waals surface area contributed by atoms with Crippen LogP contribution in [0.15, 0.2) is 16.6 Å². The Morgan fingerprint density at radius 2 is 2.14 bits per heavy atom. The lowest BCUT2D eigenvalue weighted by molar-refractivity contribution is 0.163. The SMILES string of the molecule is COC[C@@H](C)n1c(C)nc2c(NS(C)(=O)=O)cc(Br)cc21. The van der Waals surface area contributed by atoms with E-state index < -0.39 is 10.0 Å². The monoisotopic (exact) mass is 375 g/mol. The molecule has 0 saturated carbocycles. The first-order chi connectivity index (χ1) is 9.73. The summed E-state index contributed by atoms with van der Waals surface area (Å²) >= 11 is 3.42. The van der Waals surface area contributed by atoms with Crippen molar-refractivity contribution in [3.63, 3.8) is 0 Å². The van der Waals surface area contributed by atoms with Gasteiger partial charge in [-0.25, -0.2) is 13.4 Å². The molecule has 2 rings (SSSR count). The lowest BCUT2D eigenvalue weighted by Gasteiger charge is -2.15. The number of aromatic nitrogens is 2. The fourth-order valence-electron chi connectivity index (χ4n) is 2.43. The molecular formula is C13H18BrN3O3S. The molecule has 0 saturated heterocycles. The largest absolute Gasteiger partial charge is 0.383 e. The minimum absolute atomic E-state index is 0.0976. The van der Waals surface area contributed by atoms with Gasteiger partial charge in [-0.15, -0.1) is 0 Å². The van der Waals surface area contributed by atoms with E-state index in [1.54, 1.807) is 13.2 Å². The van der Waals surface area contributed by atoms with Crippen LogP contribution in [0.1, 0.15) is 18.8 Å². The predicted octanol–water partition coefficient (Wildman–Crippen LogP) is 2.69. The maximum Gasteiger partial charge on any atom is 0.229 e. The number of hydrogen-bond acceptors (Lipinski definition) is 4. The van der Waals surface area contributed by atoms with Crippen LogP contribution in [0.2, 0.25) is 0 Å². The number of methoxy groups -OCH3 is 1. The molecule has 1 aromatic carbocycles. The van der Waals surface area contributed by atoms with Crippen LogP contribution in [0.3, 0.4) is 0 Å². The van der Waals surface area contributed by atoms with Crippen molar-refractivity contribution < 1.29 is 13.2 Å². The van der Waals surface area contributed by atoms with Gasteiger partial charge in [0.2, 0.25) is 10.0 Å². The minimum atomic E-state index is -3.36. The molecule has 0 unspecified atom stereocenters. The van der Waals surface area contributed by atoms with Crippen molar-refractivity contribution in [1.29, 1.82) is 0 Å². The van der Waals surface area contributed by atoms with Crippen LogP contribution >= 0.6 is 15.9 Å². The molecule has 0 fully saturated rings. The second-order valence-electron chi connectivity index (χ2n) is 5.03. The average molecular weight is 376 g/mol. The van der Waals surface area contributed by atoms with E-state index in [2.05, 4.69) is 25.6 Å². The zero-order valence-corrected chi connectivity index (χ0v) is 14.7. The number of nitrogens with zero attached hydrogens (tertiary/aromatic N) is 2. The number of halogens is 1. The van der Waals surface area contributed by atoms with Gasteiger partial charge >= 0.3 is 0 Å². The van der Waals surface area contributed by atoms with Crippen LogP contribution in [0.4, 0.5) is 5.69 Å². The lowest BCUT2D eigenvalue weighted by Crippen LogP contribution is -2.12. The van der Waals surface area contributed by atoms with Gasteiger partial charge in [-0.1, -0.05) is 15.9 Å². The molecule has 1 aromatic heterocycles. The van der Waals surface area contributed by atoms with Gasteiger partial charge in [0.05, 0.1) is 30.1 Å². The standard InChI is InChI=1S/C13H18BrN3O3S/c1-8(7-20-3)17-9(2)15-13-11(16-21(4,18)19)5-10(14)6-12(13)17/h5-6,8,16H,7H2,1-4H3/t8-/m1/s1. The number of nitrogens with one attached hydrogen (secondary N) is 1. The maximum atomic E-state index is 11.5. The van der Waals surface area contributed by atoms with Crippen LogP contribution in [-0.2, 0) is 14.8 Å². The Labute approximate surface area is 132 Å². The Balaban J connectivity index is 2.67. The van der Waals surface area contributed by atoms with Gasteiger partial charge in [0, 0.05) is 11.6 Å². The predicted molar refractivity (Wildman–Crippen MR) is 87.2 cm³/mol. The van der Waals surface area contributed by atoms with Crippen LogP contribution in [0.25, 0.3) is 11.0 Å². The van der Waals surface area contributed by atoms with E-state index in [0.29, 0.717) is 17.8 Å². The van der Waals surface area contributed by atoms with Crippen LogP contribution in [0.5, 0.6) is 0 Å². The Hall–Kier alpha value is -1.12. The van der Waals surface area contributed by atoms with Crippen molar-refractivity contribution in [2.75, 3.05) is 24.7 Å². The van der Waals surface area contributed by atoms with Crippen LogP contribution in [-0.4, -0.2) is 37.9 Å². The maximum absolute atomic E-state index is 11.5. The molecule has 0 aliphatic carbocycles. The number of aryl methyl sites for hydroxylation is 1. The normalized spacial score (nSPS) is 13.6. The van der Waals surface area contributed by atoms with Gasteiger partial charge < -0.3 is 9.30 Å². The minimum Gasteiger partial charge on any atom is -0.383 e. The number of fused-ring (bicyclic) bond motifs is 1. The van der Waals surface area contributed by atoms with Gasteiger partial charge in [0.1, 0.15) is 11.3 Å². The smallest absolute Gasteiger partial charge is 0.229 e. The number of anilines is 1. The van der Waals surface area contributed by atoms with Crippen molar-refractivity contribution >= 4 is 42.7 Å². The summed E-state index contributed by atoms with van der Waals surface area (Å²) in [6.07, 6.45) is 1.12. The fraction of sp³-hybridized carbons (Fsp3) is 0.462. The summed E-state index contributed by atoms with van der Waals surface area (Å²) in [5.74, 6) is 0.809. The van der Waals surface area contributed by atoms with Crippen molar-refractivity contribution in [3.8, 4) is 0 Å². The number of ether oxygens (including phenoxy) is 1. The molecule has 0 amide bonds. The Morgan fingerprint density at radius 3 is 2.71 bits per heavy atom. The third-order valence-corrected chi connectivity index (χ3v) is 4.13. The molecule has 0 spiro atoms. The summed E-state index contributed by atoms with van der Waals surface area (Å²) in [6, 6.07) is 3.73. The van der Waals surface area contributed by atoms with Gasteiger partial charge in [-0.3, -0.25) is 4.72 Å². The second kappa shape index (κ2) is 5.94. The molecule has 0 aliphatic heterocycles. The summed E-state index contributed by atoms with van der Waals surface area (Å²) in [4.78, 5) is 4.50. The highest BCUT2D eigenvalue weighted by atomic mass is 79.9. The third kappa shape index (κ3) is 3.56. The van der Waals surface area contributed by atoms with E-state index >= 15 is 0 Å². The number of sulfonamides is 1. The van der Waals surface area contributed by atoms with E-state index in [1.807, 2.05) is 24.5 Å². The molecule has 2 aromatic rings. The van der Waals surface area contributed by atoms with Gasteiger partial charge in [-0.2, -0.15) is 0 Å². The van der Waals surface area contributed by atoms with E-state index in [9.17, 15) is 8.42 Å². The molecule has 8 heteroatoms. The molecule has 0 radical (unpaired) electrons. The van der Waals surface area contributed by atoms with E-state index in [4.69, 9.17) is 4.74 Å². The number of benzene rings is 1. The highest BCUT2D eigenvalue weighted by molar-refractivity contribution is 9.10. The Bertz CT molecular complexity index is 771. The summed E-state index contributed by atoms with van der Waals surface area (Å²) < 4.78 is 33.5. The van der Waals surface area contributed by atoms with Crippen molar-refractivity contribution in [2.45, 2.75) is 19.9 Å². The van der Waals surface area contributed by atoms with Crippen LogP contribution < -0.4 is 4.72 Å². The summed E-state index contributed by atoms with van der Waals surface area (Å²) in [5.41, 5.74) is 1.95. The average Bonchev–Trinajstić information content (AvgIpc) is 2.64. The zero-order valence-electron chi connectivity index (χ0n) is 12.3. The van der Waals surface area contributed by atoms with E-state index in [1.165, 1.54) is 0 Å². The highest BCUT2D eigenvalue weighted by Gasteiger charge is 2.17. The molecule has 116 valence electrons. The van der Waals surface area contributed by atoms with E-state index in [-0.39, 0.29) is 6.04 Å². The first-order valence-electron chi connectivity index (χ1n) is 6.37. The summed E-state index contributed by atoms with van der Waals surface area (Å²) in [7, 11) is -1.71. The molecule has 1 N–H and O–H groups in total. The fourth-order valence-corrected chi connectivity index (χ4v) is 3.43. The molecule has 0 bridgehead atoms. The topological polar surface area (TPSA) is 73.2 Å². The second-order valence-corrected chi connectivity index (χ2v) is 7.69. The summed E-state index contributed by atoms with van der Waals surface area (Å²) in [6.45, 7) is 4.47. The molecule has 1 heterocycles. The summed E-state index contributed by atoms with van der Waals surface area (Å²) in [5, 5.41) is 0. The first-order valence-corrected chi connectivity index (χ1v) is 9.06. The van der Waals surface area contributed by atoms with Crippen molar-refractivity contribution in [2.24, 2.45) is 0 Å².